The van der Waals surface area contributed by atoms with Crippen LogP contribution in [0.5, 0.6) is 0 Å². The van der Waals surface area contributed by atoms with Crippen molar-refractivity contribution in [3.8, 4) is 0 Å². The molecular weight excluding hydrogens is 551 g/mol. The summed E-state index contributed by atoms with van der Waals surface area (Å²) in [6, 6.07) is 23.9. The van der Waals surface area contributed by atoms with Crippen LogP contribution in [-0.2, 0) is 11.3 Å². The Kier molecular flexibility index (Phi) is 7.75. The number of hydrogen-bond donors (Lipinski definition) is 0. The van der Waals surface area contributed by atoms with E-state index in [1.807, 2.05) is 62.4 Å². The molecule has 4 heterocycles. The summed E-state index contributed by atoms with van der Waals surface area (Å²) in [7, 11) is 0. The Hall–Kier alpha value is -3.79. The van der Waals surface area contributed by atoms with Gasteiger partial charge in [0.05, 0.1) is 16.5 Å². The molecule has 0 spiro atoms. The number of carbonyl (C=O) groups is 1. The first-order valence-electron chi connectivity index (χ1n) is 13.8. The minimum absolute atomic E-state index is 0.191. The smallest absolute Gasteiger partial charge is 0.267 e. The van der Waals surface area contributed by atoms with Gasteiger partial charge in [0.2, 0.25) is 0 Å². The van der Waals surface area contributed by atoms with E-state index in [0.29, 0.717) is 26.3 Å². The van der Waals surface area contributed by atoms with Gasteiger partial charge in [-0.15, -0.1) is 0 Å². The van der Waals surface area contributed by atoms with E-state index in [1.54, 1.807) is 21.6 Å². The summed E-state index contributed by atoms with van der Waals surface area (Å²) in [4.78, 5) is 39.3. The van der Waals surface area contributed by atoms with Crippen molar-refractivity contribution in [2.45, 2.75) is 26.4 Å². The third-order valence-corrected chi connectivity index (χ3v) is 9.08. The average molecular weight is 582 g/mol. The van der Waals surface area contributed by atoms with E-state index in [4.69, 9.17) is 17.2 Å². The maximum absolute atomic E-state index is 13.9. The van der Waals surface area contributed by atoms with Crippen molar-refractivity contribution in [3.63, 3.8) is 0 Å². The molecule has 2 saturated heterocycles. The summed E-state index contributed by atoms with van der Waals surface area (Å²) in [6.07, 6.45) is 3.44. The van der Waals surface area contributed by atoms with Gasteiger partial charge < -0.3 is 4.90 Å². The fraction of sp³-hybridized carbons (Fsp3) is 0.250. The number of piperazine rings is 1. The molecule has 0 radical (unpaired) electrons. The van der Waals surface area contributed by atoms with Gasteiger partial charge in [-0.1, -0.05) is 90.7 Å². The number of anilines is 1. The van der Waals surface area contributed by atoms with Gasteiger partial charge in [-0.25, -0.2) is 4.98 Å². The summed E-state index contributed by atoms with van der Waals surface area (Å²) in [6.45, 7) is 7.97. The van der Waals surface area contributed by atoms with Crippen molar-refractivity contribution < 1.29 is 4.79 Å². The molecule has 2 aliphatic rings. The van der Waals surface area contributed by atoms with Crippen LogP contribution in [0, 0.1) is 6.92 Å². The summed E-state index contributed by atoms with van der Waals surface area (Å²) in [5.41, 5.74) is 4.05. The Morgan fingerprint density at radius 3 is 2.34 bits per heavy atom. The van der Waals surface area contributed by atoms with Crippen LogP contribution in [-0.4, -0.2) is 55.6 Å². The highest BCUT2D eigenvalue weighted by atomic mass is 32.2. The summed E-state index contributed by atoms with van der Waals surface area (Å²) in [5, 5.41) is 0. The second-order valence-electron chi connectivity index (χ2n) is 10.4. The van der Waals surface area contributed by atoms with E-state index in [1.165, 1.54) is 17.3 Å². The van der Waals surface area contributed by atoms with E-state index >= 15 is 0 Å². The minimum atomic E-state index is -0.217. The number of benzene rings is 2. The van der Waals surface area contributed by atoms with Gasteiger partial charge in [-0.3, -0.25) is 23.8 Å². The molecule has 2 aromatic heterocycles. The van der Waals surface area contributed by atoms with Crippen LogP contribution in [0.15, 0.2) is 88.7 Å². The number of aromatic nitrogens is 2. The second-order valence-corrected chi connectivity index (χ2v) is 12.1. The SMILES string of the molecule is Cc1cccn2c(=O)c(/C=C3\SC(=S)N([C@H](C)c4ccccc4)C3=O)c(N3CCN(Cc4ccccc4)CC3)nc12. The molecule has 0 saturated carbocycles. The number of rotatable bonds is 6. The maximum atomic E-state index is 13.9. The monoisotopic (exact) mass is 581 g/mol. The van der Waals surface area contributed by atoms with E-state index in [0.717, 1.165) is 43.9 Å². The predicted octanol–water partition coefficient (Wildman–Crippen LogP) is 5.29. The zero-order chi connectivity index (χ0) is 28.5. The first-order chi connectivity index (χ1) is 19.9. The van der Waals surface area contributed by atoms with E-state index in [2.05, 4.69) is 34.1 Å². The molecular formula is C32H31N5O2S2. The minimum Gasteiger partial charge on any atom is -0.353 e. The third-order valence-electron chi connectivity index (χ3n) is 7.75. The number of thioether (sulfide) groups is 1. The zero-order valence-corrected chi connectivity index (χ0v) is 24.7. The van der Waals surface area contributed by atoms with Crippen LogP contribution in [0.2, 0.25) is 0 Å². The van der Waals surface area contributed by atoms with Crippen LogP contribution in [0.25, 0.3) is 11.7 Å². The molecule has 0 bridgehead atoms. The summed E-state index contributed by atoms with van der Waals surface area (Å²) >= 11 is 6.89. The van der Waals surface area contributed by atoms with Gasteiger partial charge in [0, 0.05) is 38.9 Å². The average Bonchev–Trinajstić information content (AvgIpc) is 3.28. The standard InChI is InChI=1S/C32H31N5O2S2/c1-22-10-9-15-36-28(22)33-29(35-18-16-34(17-19-35)21-24-11-5-3-6-12-24)26(30(36)38)20-27-31(39)37(32(40)41-27)23(2)25-13-7-4-8-14-25/h3-15,20,23H,16-19,21H2,1-2H3/b27-20-/t23-/m1/s1. The summed E-state index contributed by atoms with van der Waals surface area (Å²) < 4.78 is 2.06. The predicted molar refractivity (Wildman–Crippen MR) is 170 cm³/mol. The van der Waals surface area contributed by atoms with Gasteiger partial charge in [0.1, 0.15) is 15.8 Å². The van der Waals surface area contributed by atoms with Crippen LogP contribution >= 0.6 is 24.0 Å². The molecule has 1 amide bonds. The van der Waals surface area contributed by atoms with Crippen LogP contribution < -0.4 is 10.5 Å². The molecule has 41 heavy (non-hydrogen) atoms. The Morgan fingerprint density at radius 2 is 1.63 bits per heavy atom. The Bertz CT molecular complexity index is 1700. The van der Waals surface area contributed by atoms with Crippen molar-refractivity contribution in [1.82, 2.24) is 19.2 Å². The lowest BCUT2D eigenvalue weighted by Gasteiger charge is -2.36. The highest BCUT2D eigenvalue weighted by Gasteiger charge is 2.36. The first-order valence-corrected chi connectivity index (χ1v) is 15.0. The molecule has 0 aliphatic carbocycles. The van der Waals surface area contributed by atoms with E-state index in [9.17, 15) is 9.59 Å². The molecule has 4 aromatic rings. The van der Waals surface area contributed by atoms with Gasteiger partial charge in [-0.2, -0.15) is 0 Å². The molecule has 0 unspecified atom stereocenters. The lowest BCUT2D eigenvalue weighted by atomic mass is 10.1. The van der Waals surface area contributed by atoms with Gasteiger partial charge in [0.25, 0.3) is 11.5 Å². The highest BCUT2D eigenvalue weighted by molar-refractivity contribution is 8.26. The van der Waals surface area contributed by atoms with Crippen molar-refractivity contribution >= 4 is 51.7 Å². The Labute approximate surface area is 249 Å². The maximum Gasteiger partial charge on any atom is 0.267 e. The lowest BCUT2D eigenvalue weighted by Crippen LogP contribution is -2.47. The van der Waals surface area contributed by atoms with Crippen molar-refractivity contribution in [2.75, 3.05) is 31.1 Å². The van der Waals surface area contributed by atoms with Gasteiger partial charge in [-0.05, 0) is 42.7 Å². The molecule has 9 heteroatoms. The van der Waals surface area contributed by atoms with Crippen molar-refractivity contribution in [1.29, 1.82) is 0 Å². The fourth-order valence-electron chi connectivity index (χ4n) is 5.45. The quantitative estimate of drug-likeness (QED) is 0.227. The topological polar surface area (TPSA) is 61.2 Å². The molecule has 208 valence electrons. The number of amides is 1. The van der Waals surface area contributed by atoms with E-state index in [-0.39, 0.29) is 17.5 Å². The van der Waals surface area contributed by atoms with Crippen LogP contribution in [0.4, 0.5) is 5.82 Å². The first kappa shape index (κ1) is 27.4. The zero-order valence-electron chi connectivity index (χ0n) is 23.1. The second kappa shape index (κ2) is 11.6. The molecule has 7 nitrogen and oxygen atoms in total. The fourth-order valence-corrected chi connectivity index (χ4v) is 6.85. The Morgan fingerprint density at radius 1 is 0.951 bits per heavy atom. The number of pyridine rings is 1. The molecule has 2 aromatic carbocycles. The third kappa shape index (κ3) is 5.45. The molecule has 1 atom stereocenters. The number of aryl methyl sites for hydroxylation is 1. The summed E-state index contributed by atoms with van der Waals surface area (Å²) in [5.74, 6) is 0.425. The number of hydrogen-bond acceptors (Lipinski definition) is 7. The highest BCUT2D eigenvalue weighted by Crippen LogP contribution is 2.38. The normalized spacial score (nSPS) is 18.0. The number of fused-ring (bicyclic) bond motifs is 1. The van der Waals surface area contributed by atoms with Crippen LogP contribution in [0.3, 0.4) is 0 Å². The number of thiocarbonyl (C=S) groups is 1. The molecule has 6 rings (SSSR count). The largest absolute Gasteiger partial charge is 0.353 e. The van der Waals surface area contributed by atoms with Gasteiger partial charge in [0.15, 0.2) is 0 Å². The van der Waals surface area contributed by atoms with E-state index < -0.39 is 0 Å². The van der Waals surface area contributed by atoms with Crippen molar-refractivity contribution in [3.05, 3.63) is 117 Å². The molecule has 2 fully saturated rings. The van der Waals surface area contributed by atoms with Crippen molar-refractivity contribution in [2.24, 2.45) is 0 Å². The Balaban J connectivity index is 1.34. The molecule has 0 N–H and O–H groups in total. The van der Waals surface area contributed by atoms with Gasteiger partial charge >= 0.3 is 0 Å². The lowest BCUT2D eigenvalue weighted by molar-refractivity contribution is -0.123. The number of nitrogens with zero attached hydrogens (tertiary/aromatic N) is 5. The van der Waals surface area contributed by atoms with Crippen LogP contribution in [0.1, 0.15) is 35.2 Å². The molecule has 2 aliphatic heterocycles. The number of carbonyl (C=O) groups excluding carboxylic acids is 1.